The van der Waals surface area contributed by atoms with Gasteiger partial charge in [0, 0.05) is 24.4 Å². The van der Waals surface area contributed by atoms with E-state index in [0.717, 1.165) is 0 Å². The van der Waals surface area contributed by atoms with E-state index in [0.29, 0.717) is 17.1 Å². The third-order valence-electron chi connectivity index (χ3n) is 2.69. The SMILES string of the molecule is Cc1cc(CNC(=O)N[C@H](Cc2cnc[nH]2)C(=O)O)no1. The van der Waals surface area contributed by atoms with Crippen molar-refractivity contribution in [1.82, 2.24) is 25.8 Å². The lowest BCUT2D eigenvalue weighted by atomic mass is 10.2. The molecule has 21 heavy (non-hydrogen) atoms. The molecule has 0 bridgehead atoms. The summed E-state index contributed by atoms with van der Waals surface area (Å²) in [7, 11) is 0. The molecule has 2 rings (SSSR count). The van der Waals surface area contributed by atoms with Crippen LogP contribution in [0.15, 0.2) is 23.1 Å². The van der Waals surface area contributed by atoms with E-state index >= 15 is 0 Å². The number of carbonyl (C=O) groups is 2. The molecule has 0 spiro atoms. The van der Waals surface area contributed by atoms with E-state index in [1.165, 1.54) is 12.5 Å². The maximum Gasteiger partial charge on any atom is 0.326 e. The van der Waals surface area contributed by atoms with Gasteiger partial charge in [0.15, 0.2) is 0 Å². The number of aryl methyl sites for hydroxylation is 1. The van der Waals surface area contributed by atoms with Gasteiger partial charge >= 0.3 is 12.0 Å². The number of carboxylic acids is 1. The molecule has 112 valence electrons. The van der Waals surface area contributed by atoms with Crippen LogP contribution in [0.5, 0.6) is 0 Å². The standard InChI is InChI=1S/C12H15N5O4/c1-7-2-9(17-21-7)5-14-12(20)16-10(11(18)19)3-8-4-13-6-15-8/h2,4,6,10H,3,5H2,1H3,(H,13,15)(H,18,19)(H2,14,16,20)/t10-/m1/s1. The van der Waals surface area contributed by atoms with Gasteiger partial charge in [-0.2, -0.15) is 0 Å². The first-order valence-corrected chi connectivity index (χ1v) is 6.21. The van der Waals surface area contributed by atoms with E-state index in [1.54, 1.807) is 13.0 Å². The number of amides is 2. The van der Waals surface area contributed by atoms with Gasteiger partial charge in [-0.05, 0) is 6.92 Å². The third kappa shape index (κ3) is 4.34. The van der Waals surface area contributed by atoms with Crippen molar-refractivity contribution in [3.05, 3.63) is 35.7 Å². The summed E-state index contributed by atoms with van der Waals surface area (Å²) in [5, 5.41) is 17.7. The molecule has 9 heteroatoms. The lowest BCUT2D eigenvalue weighted by molar-refractivity contribution is -0.139. The number of hydrogen-bond acceptors (Lipinski definition) is 5. The molecule has 0 saturated carbocycles. The van der Waals surface area contributed by atoms with Crippen molar-refractivity contribution in [2.24, 2.45) is 0 Å². The van der Waals surface area contributed by atoms with Crippen molar-refractivity contribution >= 4 is 12.0 Å². The van der Waals surface area contributed by atoms with Gasteiger partial charge in [-0.15, -0.1) is 0 Å². The van der Waals surface area contributed by atoms with Crippen LogP contribution >= 0.6 is 0 Å². The summed E-state index contributed by atoms with van der Waals surface area (Å²) in [6, 6.07) is 0.0339. The van der Waals surface area contributed by atoms with E-state index < -0.39 is 18.0 Å². The molecule has 2 heterocycles. The number of aromatic nitrogens is 3. The number of aromatic amines is 1. The number of nitrogens with zero attached hydrogens (tertiary/aromatic N) is 2. The van der Waals surface area contributed by atoms with Gasteiger partial charge in [0.2, 0.25) is 0 Å². The Hall–Kier alpha value is -2.84. The average Bonchev–Trinajstić information content (AvgIpc) is 3.07. The highest BCUT2D eigenvalue weighted by Crippen LogP contribution is 2.01. The maximum absolute atomic E-state index is 11.7. The largest absolute Gasteiger partial charge is 0.480 e. The van der Waals surface area contributed by atoms with E-state index in [1.807, 2.05) is 0 Å². The highest BCUT2D eigenvalue weighted by atomic mass is 16.5. The van der Waals surface area contributed by atoms with Gasteiger partial charge < -0.3 is 25.2 Å². The molecule has 4 N–H and O–H groups in total. The van der Waals surface area contributed by atoms with E-state index in [-0.39, 0.29) is 13.0 Å². The Labute approximate surface area is 119 Å². The number of imidazole rings is 1. The van der Waals surface area contributed by atoms with Crippen LogP contribution in [0.1, 0.15) is 17.1 Å². The van der Waals surface area contributed by atoms with Crippen molar-refractivity contribution in [3.63, 3.8) is 0 Å². The van der Waals surface area contributed by atoms with Crippen LogP contribution in [0.3, 0.4) is 0 Å². The number of urea groups is 1. The first kappa shape index (κ1) is 14.6. The van der Waals surface area contributed by atoms with Crippen molar-refractivity contribution in [1.29, 1.82) is 0 Å². The predicted octanol–water partition coefficient (Wildman–Crippen LogP) is 0.201. The monoisotopic (exact) mass is 293 g/mol. The second kappa shape index (κ2) is 6.55. The zero-order valence-electron chi connectivity index (χ0n) is 11.3. The molecule has 2 aromatic rings. The summed E-state index contributed by atoms with van der Waals surface area (Å²) >= 11 is 0. The zero-order chi connectivity index (χ0) is 15.2. The molecule has 0 saturated heterocycles. The average molecular weight is 293 g/mol. The maximum atomic E-state index is 11.7. The second-order valence-corrected chi connectivity index (χ2v) is 4.43. The van der Waals surface area contributed by atoms with Gasteiger partial charge in [0.1, 0.15) is 17.5 Å². The van der Waals surface area contributed by atoms with Crippen molar-refractivity contribution in [2.45, 2.75) is 25.9 Å². The number of carbonyl (C=O) groups excluding carboxylic acids is 1. The topological polar surface area (TPSA) is 133 Å². The van der Waals surface area contributed by atoms with Crippen LogP contribution in [-0.2, 0) is 17.8 Å². The molecule has 0 fully saturated rings. The molecule has 2 amide bonds. The fraction of sp³-hybridized carbons (Fsp3) is 0.333. The second-order valence-electron chi connectivity index (χ2n) is 4.43. The molecule has 0 unspecified atom stereocenters. The van der Waals surface area contributed by atoms with Crippen molar-refractivity contribution in [3.8, 4) is 0 Å². The van der Waals surface area contributed by atoms with Gasteiger partial charge in [0.25, 0.3) is 0 Å². The highest BCUT2D eigenvalue weighted by molar-refractivity contribution is 5.82. The minimum absolute atomic E-state index is 0.117. The molecule has 0 aliphatic rings. The molecular formula is C12H15N5O4. The fourth-order valence-corrected chi connectivity index (χ4v) is 1.70. The Morgan fingerprint density at radius 3 is 2.90 bits per heavy atom. The number of aliphatic carboxylic acids is 1. The fourth-order valence-electron chi connectivity index (χ4n) is 1.70. The summed E-state index contributed by atoms with van der Waals surface area (Å²) in [6.45, 7) is 1.89. The number of nitrogens with one attached hydrogen (secondary N) is 3. The lowest BCUT2D eigenvalue weighted by Gasteiger charge is -2.13. The lowest BCUT2D eigenvalue weighted by Crippen LogP contribution is -2.47. The molecule has 0 aliphatic heterocycles. The molecule has 2 aromatic heterocycles. The molecule has 9 nitrogen and oxygen atoms in total. The normalized spacial score (nSPS) is 11.9. The number of hydrogen-bond donors (Lipinski definition) is 4. The van der Waals surface area contributed by atoms with Crippen LogP contribution in [0.25, 0.3) is 0 Å². The summed E-state index contributed by atoms with van der Waals surface area (Å²) in [5.41, 5.74) is 1.18. The van der Waals surface area contributed by atoms with E-state index in [2.05, 4.69) is 25.8 Å². The molecule has 0 aromatic carbocycles. The Kier molecular flexibility index (Phi) is 4.54. The molecule has 0 aliphatic carbocycles. The number of H-pyrrole nitrogens is 1. The van der Waals surface area contributed by atoms with Gasteiger partial charge in [-0.3, -0.25) is 0 Å². The Morgan fingerprint density at radius 2 is 2.33 bits per heavy atom. The molecular weight excluding hydrogens is 278 g/mol. The summed E-state index contributed by atoms with van der Waals surface area (Å²) < 4.78 is 4.86. The van der Waals surface area contributed by atoms with Crippen LogP contribution in [0.4, 0.5) is 4.79 Å². The van der Waals surface area contributed by atoms with Crippen LogP contribution in [0, 0.1) is 6.92 Å². The van der Waals surface area contributed by atoms with E-state index in [9.17, 15) is 9.59 Å². The predicted molar refractivity (Wildman–Crippen MR) is 70.3 cm³/mol. The molecule has 0 radical (unpaired) electrons. The van der Waals surface area contributed by atoms with Gasteiger partial charge in [-0.25, -0.2) is 14.6 Å². The van der Waals surface area contributed by atoms with Crippen LogP contribution in [-0.4, -0.2) is 38.3 Å². The first-order valence-electron chi connectivity index (χ1n) is 6.21. The smallest absolute Gasteiger partial charge is 0.326 e. The van der Waals surface area contributed by atoms with Crippen LogP contribution < -0.4 is 10.6 Å². The van der Waals surface area contributed by atoms with Crippen molar-refractivity contribution < 1.29 is 19.2 Å². The Balaban J connectivity index is 1.84. The number of carboxylic acid groups (broad SMARTS) is 1. The third-order valence-corrected chi connectivity index (χ3v) is 2.69. The highest BCUT2D eigenvalue weighted by Gasteiger charge is 2.21. The Morgan fingerprint density at radius 1 is 1.52 bits per heavy atom. The van der Waals surface area contributed by atoms with Gasteiger partial charge in [0.05, 0.1) is 12.9 Å². The van der Waals surface area contributed by atoms with Crippen molar-refractivity contribution in [2.75, 3.05) is 0 Å². The molecule has 1 atom stereocenters. The number of rotatable bonds is 6. The Bertz CT molecular complexity index is 607. The minimum atomic E-state index is -1.13. The zero-order valence-corrected chi connectivity index (χ0v) is 11.3. The first-order chi connectivity index (χ1) is 10.0. The summed E-state index contributed by atoms with van der Waals surface area (Å²) in [4.78, 5) is 29.4. The summed E-state index contributed by atoms with van der Waals surface area (Å²) in [5.74, 6) is -0.494. The minimum Gasteiger partial charge on any atom is -0.480 e. The quantitative estimate of drug-likeness (QED) is 0.601. The van der Waals surface area contributed by atoms with E-state index in [4.69, 9.17) is 9.63 Å². The van der Waals surface area contributed by atoms with Crippen LogP contribution in [0.2, 0.25) is 0 Å². The summed E-state index contributed by atoms with van der Waals surface area (Å²) in [6.07, 6.45) is 3.07. The van der Waals surface area contributed by atoms with Gasteiger partial charge in [-0.1, -0.05) is 5.16 Å².